The summed E-state index contributed by atoms with van der Waals surface area (Å²) in [5.74, 6) is 0.378. The number of nitrogens with zero attached hydrogens (tertiary/aromatic N) is 4. The van der Waals surface area contributed by atoms with E-state index in [1.165, 1.54) is 5.69 Å². The zero-order chi connectivity index (χ0) is 17.5. The molecule has 130 valence electrons. The molecule has 1 fully saturated rings. The van der Waals surface area contributed by atoms with Crippen LogP contribution in [-0.2, 0) is 11.8 Å². The molecule has 7 heteroatoms. The van der Waals surface area contributed by atoms with Crippen LogP contribution >= 0.6 is 11.6 Å². The molecule has 0 N–H and O–H groups in total. The normalized spacial score (nSPS) is 16.6. The number of halogens is 1. The molecule has 0 radical (unpaired) electrons. The Morgan fingerprint density at radius 3 is 2.62 bits per heavy atom. The summed E-state index contributed by atoms with van der Waals surface area (Å²) in [7, 11) is 1.99. The predicted molar refractivity (Wildman–Crippen MR) is 93.3 cm³/mol. The molecule has 0 unspecified atom stereocenters. The minimum atomic E-state index is -0.458. The number of carbonyl (C=O) groups is 1. The molecule has 2 aromatic rings. The molecular formula is C17H23ClN4O2. The summed E-state index contributed by atoms with van der Waals surface area (Å²) in [6, 6.07) is 2.08. The van der Waals surface area contributed by atoms with E-state index in [-0.39, 0.29) is 6.09 Å². The first-order valence-corrected chi connectivity index (χ1v) is 8.58. The summed E-state index contributed by atoms with van der Waals surface area (Å²) in [6.45, 7) is 7.06. The first-order valence-electron chi connectivity index (χ1n) is 8.20. The number of hydrogen-bond acceptors (Lipinski definition) is 4. The summed E-state index contributed by atoms with van der Waals surface area (Å²) in [5.41, 5.74) is 2.38. The van der Waals surface area contributed by atoms with Crippen molar-refractivity contribution in [2.24, 2.45) is 7.05 Å². The van der Waals surface area contributed by atoms with Crippen molar-refractivity contribution in [1.82, 2.24) is 19.4 Å². The quantitative estimate of drug-likeness (QED) is 0.786. The Labute approximate surface area is 146 Å². The highest BCUT2D eigenvalue weighted by Crippen LogP contribution is 2.31. The Hall–Kier alpha value is -1.82. The highest BCUT2D eigenvalue weighted by molar-refractivity contribution is 6.29. The third-order valence-corrected chi connectivity index (χ3v) is 4.49. The second kappa shape index (κ2) is 6.24. The maximum absolute atomic E-state index is 12.2. The maximum atomic E-state index is 12.2. The van der Waals surface area contributed by atoms with E-state index in [1.807, 2.05) is 27.8 Å². The first kappa shape index (κ1) is 17.0. The Bertz CT molecular complexity index is 758. The zero-order valence-electron chi connectivity index (χ0n) is 14.5. The van der Waals surface area contributed by atoms with E-state index in [9.17, 15) is 4.79 Å². The number of carbonyl (C=O) groups excluding carboxylic acids is 1. The van der Waals surface area contributed by atoms with Crippen molar-refractivity contribution in [3.8, 4) is 0 Å². The van der Waals surface area contributed by atoms with Gasteiger partial charge in [0.25, 0.3) is 0 Å². The lowest BCUT2D eigenvalue weighted by atomic mass is 9.93. The molecule has 24 heavy (non-hydrogen) atoms. The average Bonchev–Trinajstić information content (AvgIpc) is 2.83. The minimum Gasteiger partial charge on any atom is -0.444 e. The number of likely N-dealkylation sites (tertiary alicyclic amines) is 1. The van der Waals surface area contributed by atoms with Crippen LogP contribution in [0.4, 0.5) is 4.79 Å². The van der Waals surface area contributed by atoms with E-state index in [0.29, 0.717) is 24.2 Å². The van der Waals surface area contributed by atoms with Crippen LogP contribution in [0.25, 0.3) is 11.2 Å². The van der Waals surface area contributed by atoms with Crippen LogP contribution in [0.15, 0.2) is 12.3 Å². The van der Waals surface area contributed by atoms with Crippen molar-refractivity contribution in [2.75, 3.05) is 13.1 Å². The lowest BCUT2D eigenvalue weighted by Crippen LogP contribution is -2.41. The van der Waals surface area contributed by atoms with Crippen LogP contribution in [0.2, 0.25) is 5.15 Å². The van der Waals surface area contributed by atoms with E-state index in [0.717, 1.165) is 24.0 Å². The fourth-order valence-electron chi connectivity index (χ4n) is 3.15. The van der Waals surface area contributed by atoms with Crippen LogP contribution in [0.5, 0.6) is 0 Å². The van der Waals surface area contributed by atoms with E-state index in [1.54, 1.807) is 11.1 Å². The van der Waals surface area contributed by atoms with E-state index < -0.39 is 5.60 Å². The number of amides is 1. The Morgan fingerprint density at radius 2 is 2.00 bits per heavy atom. The topological polar surface area (TPSA) is 60.2 Å². The smallest absolute Gasteiger partial charge is 0.410 e. The van der Waals surface area contributed by atoms with E-state index >= 15 is 0 Å². The Balaban J connectivity index is 1.71. The lowest BCUT2D eigenvalue weighted by molar-refractivity contribution is 0.0203. The van der Waals surface area contributed by atoms with Crippen LogP contribution in [0.1, 0.15) is 45.2 Å². The number of rotatable bonds is 1. The number of ether oxygens (including phenoxy) is 1. The molecule has 1 saturated heterocycles. The Kier molecular flexibility index (Phi) is 4.42. The van der Waals surface area contributed by atoms with Gasteiger partial charge in [-0.05, 0) is 39.7 Å². The zero-order valence-corrected chi connectivity index (χ0v) is 15.3. The standard InChI is InChI=1S/C17H23ClN4O2/c1-17(2,3)24-16(23)22-7-5-11(6-8-22)13-9-12-15(21(13)4)20-14(18)10-19-12/h9-11H,5-8H2,1-4H3. The van der Waals surface area contributed by atoms with E-state index in [2.05, 4.69) is 20.6 Å². The summed E-state index contributed by atoms with van der Waals surface area (Å²) in [4.78, 5) is 22.7. The molecule has 3 heterocycles. The molecule has 6 nitrogen and oxygen atoms in total. The van der Waals surface area contributed by atoms with Crippen molar-refractivity contribution in [3.05, 3.63) is 23.1 Å². The molecule has 0 atom stereocenters. The van der Waals surface area contributed by atoms with Gasteiger partial charge in [-0.2, -0.15) is 0 Å². The largest absolute Gasteiger partial charge is 0.444 e. The van der Waals surface area contributed by atoms with Gasteiger partial charge in [0.1, 0.15) is 16.3 Å². The van der Waals surface area contributed by atoms with Gasteiger partial charge < -0.3 is 14.2 Å². The van der Waals surface area contributed by atoms with Gasteiger partial charge in [-0.25, -0.2) is 14.8 Å². The number of aryl methyl sites for hydroxylation is 1. The number of fused-ring (bicyclic) bond motifs is 1. The average molecular weight is 351 g/mol. The van der Waals surface area contributed by atoms with Crippen LogP contribution in [-0.4, -0.2) is 44.2 Å². The van der Waals surface area contributed by atoms with E-state index in [4.69, 9.17) is 16.3 Å². The van der Waals surface area contributed by atoms with Crippen molar-refractivity contribution < 1.29 is 9.53 Å². The molecule has 1 aliphatic rings. The fourth-order valence-corrected chi connectivity index (χ4v) is 3.28. The highest BCUT2D eigenvalue weighted by Gasteiger charge is 2.29. The summed E-state index contributed by atoms with van der Waals surface area (Å²) < 4.78 is 7.51. The number of piperidine rings is 1. The molecule has 0 bridgehead atoms. The number of hydrogen-bond donors (Lipinski definition) is 0. The van der Waals surface area contributed by atoms with Gasteiger partial charge in [-0.15, -0.1) is 0 Å². The van der Waals surface area contributed by atoms with Crippen LogP contribution in [0.3, 0.4) is 0 Å². The molecule has 0 saturated carbocycles. The van der Waals surface area contributed by atoms with Crippen molar-refractivity contribution in [1.29, 1.82) is 0 Å². The second-order valence-electron chi connectivity index (χ2n) is 7.27. The van der Waals surface area contributed by atoms with Crippen molar-refractivity contribution in [2.45, 2.75) is 45.1 Å². The predicted octanol–water partition coefficient (Wildman–Crippen LogP) is 3.74. The molecule has 0 aliphatic carbocycles. The van der Waals surface area contributed by atoms with Crippen molar-refractivity contribution in [3.63, 3.8) is 0 Å². The van der Waals surface area contributed by atoms with Crippen molar-refractivity contribution >= 4 is 28.9 Å². The molecular weight excluding hydrogens is 328 g/mol. The molecule has 3 rings (SSSR count). The van der Waals surface area contributed by atoms with Gasteiger partial charge in [-0.1, -0.05) is 11.6 Å². The van der Waals surface area contributed by atoms with Gasteiger partial charge in [0.05, 0.1) is 6.20 Å². The van der Waals surface area contributed by atoms with Crippen LogP contribution in [0, 0.1) is 0 Å². The molecule has 1 amide bonds. The molecule has 2 aromatic heterocycles. The van der Waals surface area contributed by atoms with Crippen LogP contribution < -0.4 is 0 Å². The van der Waals surface area contributed by atoms with Gasteiger partial charge in [0, 0.05) is 31.7 Å². The van der Waals surface area contributed by atoms with Gasteiger partial charge in [0.15, 0.2) is 5.65 Å². The SMILES string of the molecule is Cn1c(C2CCN(C(=O)OC(C)(C)C)CC2)cc2ncc(Cl)nc21. The maximum Gasteiger partial charge on any atom is 0.410 e. The third-order valence-electron chi connectivity index (χ3n) is 4.31. The summed E-state index contributed by atoms with van der Waals surface area (Å²) >= 11 is 5.95. The highest BCUT2D eigenvalue weighted by atomic mass is 35.5. The van der Waals surface area contributed by atoms with Gasteiger partial charge in [0.2, 0.25) is 0 Å². The summed E-state index contributed by atoms with van der Waals surface area (Å²) in [5, 5.41) is 0.398. The Morgan fingerprint density at radius 1 is 1.33 bits per heavy atom. The molecule has 0 spiro atoms. The number of aromatic nitrogens is 3. The minimum absolute atomic E-state index is 0.229. The van der Waals surface area contributed by atoms with Gasteiger partial charge in [-0.3, -0.25) is 0 Å². The fraction of sp³-hybridized carbons (Fsp3) is 0.588. The second-order valence-corrected chi connectivity index (χ2v) is 7.66. The summed E-state index contributed by atoms with van der Waals surface area (Å²) in [6.07, 6.45) is 3.14. The molecule has 0 aromatic carbocycles. The monoisotopic (exact) mass is 350 g/mol. The first-order chi connectivity index (χ1) is 11.2. The van der Waals surface area contributed by atoms with Gasteiger partial charge >= 0.3 is 6.09 Å². The molecule has 1 aliphatic heterocycles. The third kappa shape index (κ3) is 3.48. The lowest BCUT2D eigenvalue weighted by Gasteiger charge is -2.33.